The van der Waals surface area contributed by atoms with Gasteiger partial charge in [-0.1, -0.05) is 19.1 Å². The summed E-state index contributed by atoms with van der Waals surface area (Å²) in [5.41, 5.74) is 8.87. The fourth-order valence-corrected chi connectivity index (χ4v) is 3.23. The SMILES string of the molecule is CCN1CCN(C(=O)c2ccc(-c3cc4nncn4c(N)n3)cc2)CC1. The summed E-state index contributed by atoms with van der Waals surface area (Å²) in [7, 11) is 0. The Morgan fingerprint density at radius 1 is 1.15 bits per heavy atom. The summed E-state index contributed by atoms with van der Waals surface area (Å²) in [6, 6.07) is 9.30. The summed E-state index contributed by atoms with van der Waals surface area (Å²) in [6.45, 7) is 6.59. The van der Waals surface area contributed by atoms with Gasteiger partial charge in [-0.3, -0.25) is 9.20 Å². The summed E-state index contributed by atoms with van der Waals surface area (Å²) in [5, 5.41) is 7.85. The van der Waals surface area contributed by atoms with Gasteiger partial charge in [-0.15, -0.1) is 10.2 Å². The van der Waals surface area contributed by atoms with Gasteiger partial charge in [0.05, 0.1) is 5.69 Å². The highest BCUT2D eigenvalue weighted by Gasteiger charge is 2.21. The fraction of sp³-hybridized carbons (Fsp3) is 0.333. The number of fused-ring (bicyclic) bond motifs is 1. The Morgan fingerprint density at radius 2 is 1.88 bits per heavy atom. The number of hydrogen-bond donors (Lipinski definition) is 1. The van der Waals surface area contributed by atoms with Crippen LogP contribution in [-0.2, 0) is 0 Å². The molecule has 8 nitrogen and oxygen atoms in total. The normalized spacial score (nSPS) is 15.5. The molecular weight excluding hydrogens is 330 g/mol. The van der Waals surface area contributed by atoms with Gasteiger partial charge in [0.15, 0.2) is 5.65 Å². The van der Waals surface area contributed by atoms with Crippen LogP contribution in [0.25, 0.3) is 16.9 Å². The van der Waals surface area contributed by atoms with E-state index in [0.29, 0.717) is 22.9 Å². The highest BCUT2D eigenvalue weighted by atomic mass is 16.2. The van der Waals surface area contributed by atoms with Crippen molar-refractivity contribution >= 4 is 17.5 Å². The lowest BCUT2D eigenvalue weighted by atomic mass is 10.1. The van der Waals surface area contributed by atoms with E-state index in [2.05, 4.69) is 27.0 Å². The van der Waals surface area contributed by atoms with Gasteiger partial charge in [-0.05, 0) is 18.7 Å². The van der Waals surface area contributed by atoms with Gasteiger partial charge in [0.1, 0.15) is 6.33 Å². The Kier molecular flexibility index (Phi) is 4.26. The second-order valence-corrected chi connectivity index (χ2v) is 6.36. The third-order valence-corrected chi connectivity index (χ3v) is 4.86. The monoisotopic (exact) mass is 351 g/mol. The molecule has 1 amide bonds. The van der Waals surface area contributed by atoms with Crippen LogP contribution in [0.5, 0.6) is 0 Å². The molecule has 0 atom stereocenters. The molecule has 0 spiro atoms. The maximum absolute atomic E-state index is 12.7. The van der Waals surface area contributed by atoms with Gasteiger partial charge in [0.2, 0.25) is 5.95 Å². The second-order valence-electron chi connectivity index (χ2n) is 6.36. The molecule has 0 saturated carbocycles. The molecule has 134 valence electrons. The standard InChI is InChI=1S/C18H21N7O/c1-2-23-7-9-24(10-8-23)17(26)14-5-3-13(4-6-14)15-11-16-22-20-12-25(16)18(19)21-15/h3-6,11-12H,2,7-10H2,1H3,(H2,19,21). The third-order valence-electron chi connectivity index (χ3n) is 4.86. The van der Waals surface area contributed by atoms with Gasteiger partial charge >= 0.3 is 0 Å². The van der Waals surface area contributed by atoms with Crippen molar-refractivity contribution in [3.63, 3.8) is 0 Å². The highest BCUT2D eigenvalue weighted by molar-refractivity contribution is 5.94. The number of carbonyl (C=O) groups is 1. The zero-order chi connectivity index (χ0) is 18.1. The average Bonchev–Trinajstić information content (AvgIpc) is 3.17. The highest BCUT2D eigenvalue weighted by Crippen LogP contribution is 2.21. The van der Waals surface area contributed by atoms with E-state index in [1.54, 1.807) is 4.40 Å². The summed E-state index contributed by atoms with van der Waals surface area (Å²) in [5.74, 6) is 0.407. The van der Waals surface area contributed by atoms with E-state index in [9.17, 15) is 4.79 Å². The van der Waals surface area contributed by atoms with Crippen LogP contribution in [0.2, 0.25) is 0 Å². The van der Waals surface area contributed by atoms with Crippen molar-refractivity contribution in [2.24, 2.45) is 0 Å². The number of anilines is 1. The van der Waals surface area contributed by atoms with E-state index >= 15 is 0 Å². The molecule has 3 heterocycles. The van der Waals surface area contributed by atoms with Crippen molar-refractivity contribution in [1.82, 2.24) is 29.4 Å². The topological polar surface area (TPSA) is 92.6 Å². The van der Waals surface area contributed by atoms with E-state index in [4.69, 9.17) is 5.73 Å². The molecule has 26 heavy (non-hydrogen) atoms. The first-order chi connectivity index (χ1) is 12.7. The predicted molar refractivity (Wildman–Crippen MR) is 98.6 cm³/mol. The number of aromatic nitrogens is 4. The minimum atomic E-state index is 0.0766. The number of amides is 1. The Balaban J connectivity index is 1.53. The Bertz CT molecular complexity index is 926. The number of carbonyl (C=O) groups excluding carboxylic acids is 1. The molecule has 3 aromatic rings. The predicted octanol–water partition coefficient (Wildman–Crippen LogP) is 1.15. The number of piperazine rings is 1. The van der Waals surface area contributed by atoms with Crippen LogP contribution < -0.4 is 5.73 Å². The van der Waals surface area contributed by atoms with E-state index < -0.39 is 0 Å². The van der Waals surface area contributed by atoms with Crippen LogP contribution in [0, 0.1) is 0 Å². The van der Waals surface area contributed by atoms with Gasteiger partial charge in [0, 0.05) is 43.4 Å². The number of nitrogens with two attached hydrogens (primary N) is 1. The minimum Gasteiger partial charge on any atom is -0.369 e. The molecular formula is C18H21N7O. The lowest BCUT2D eigenvalue weighted by Gasteiger charge is -2.34. The molecule has 2 aromatic heterocycles. The molecule has 1 aliphatic rings. The number of benzene rings is 1. The molecule has 1 aromatic carbocycles. The second kappa shape index (κ2) is 6.72. The van der Waals surface area contributed by atoms with Crippen LogP contribution in [-0.4, -0.2) is 68.0 Å². The average molecular weight is 351 g/mol. The zero-order valence-electron chi connectivity index (χ0n) is 14.7. The molecule has 1 fully saturated rings. The number of rotatable bonds is 3. The van der Waals surface area contributed by atoms with Crippen molar-refractivity contribution in [3.05, 3.63) is 42.2 Å². The molecule has 0 bridgehead atoms. The summed E-state index contributed by atoms with van der Waals surface area (Å²) >= 11 is 0. The fourth-order valence-electron chi connectivity index (χ4n) is 3.23. The molecule has 8 heteroatoms. The lowest BCUT2D eigenvalue weighted by Crippen LogP contribution is -2.48. The number of nitrogen functional groups attached to an aromatic ring is 1. The quantitative estimate of drug-likeness (QED) is 0.761. The Morgan fingerprint density at radius 3 is 2.58 bits per heavy atom. The van der Waals surface area contributed by atoms with Gasteiger partial charge in [-0.2, -0.15) is 0 Å². The molecule has 0 unspecified atom stereocenters. The van der Waals surface area contributed by atoms with Crippen molar-refractivity contribution in [1.29, 1.82) is 0 Å². The Hall–Kier alpha value is -3.00. The molecule has 0 radical (unpaired) electrons. The largest absolute Gasteiger partial charge is 0.369 e. The molecule has 0 aliphatic carbocycles. The van der Waals surface area contributed by atoms with Crippen LogP contribution in [0.1, 0.15) is 17.3 Å². The number of nitrogens with zero attached hydrogens (tertiary/aromatic N) is 6. The van der Waals surface area contributed by atoms with E-state index in [1.807, 2.05) is 35.2 Å². The summed E-state index contributed by atoms with van der Waals surface area (Å²) in [6.07, 6.45) is 1.53. The van der Waals surface area contributed by atoms with Gasteiger partial charge < -0.3 is 15.5 Å². The first-order valence-corrected chi connectivity index (χ1v) is 8.74. The number of likely N-dealkylation sites (N-methyl/N-ethyl adjacent to an activating group) is 1. The van der Waals surface area contributed by atoms with E-state index in [-0.39, 0.29) is 5.91 Å². The maximum atomic E-state index is 12.7. The summed E-state index contributed by atoms with van der Waals surface area (Å²) in [4.78, 5) is 21.3. The van der Waals surface area contributed by atoms with Crippen LogP contribution >= 0.6 is 0 Å². The van der Waals surface area contributed by atoms with Crippen LogP contribution in [0.3, 0.4) is 0 Å². The lowest BCUT2D eigenvalue weighted by molar-refractivity contribution is 0.0643. The summed E-state index contributed by atoms with van der Waals surface area (Å²) < 4.78 is 1.62. The van der Waals surface area contributed by atoms with Crippen LogP contribution in [0.15, 0.2) is 36.7 Å². The van der Waals surface area contributed by atoms with E-state index in [0.717, 1.165) is 38.3 Å². The third kappa shape index (κ3) is 2.99. The van der Waals surface area contributed by atoms with Crippen LogP contribution in [0.4, 0.5) is 5.95 Å². The molecule has 4 rings (SSSR count). The van der Waals surface area contributed by atoms with Crippen molar-refractivity contribution < 1.29 is 4.79 Å². The van der Waals surface area contributed by atoms with Gasteiger partial charge in [-0.25, -0.2) is 4.98 Å². The minimum absolute atomic E-state index is 0.0766. The van der Waals surface area contributed by atoms with E-state index in [1.165, 1.54) is 6.33 Å². The van der Waals surface area contributed by atoms with Crippen molar-refractivity contribution in [3.8, 4) is 11.3 Å². The molecule has 2 N–H and O–H groups in total. The smallest absolute Gasteiger partial charge is 0.253 e. The van der Waals surface area contributed by atoms with Crippen molar-refractivity contribution in [2.75, 3.05) is 38.5 Å². The maximum Gasteiger partial charge on any atom is 0.253 e. The molecule has 1 saturated heterocycles. The first-order valence-electron chi connectivity index (χ1n) is 8.74. The zero-order valence-corrected chi connectivity index (χ0v) is 14.7. The first kappa shape index (κ1) is 16.5. The number of hydrogen-bond acceptors (Lipinski definition) is 6. The van der Waals surface area contributed by atoms with Crippen molar-refractivity contribution in [2.45, 2.75) is 6.92 Å². The van der Waals surface area contributed by atoms with Gasteiger partial charge in [0.25, 0.3) is 5.91 Å². The Labute approximate surface area is 151 Å². The molecule has 1 aliphatic heterocycles.